The molecular formula is C30H56O4. The Kier molecular flexibility index (Phi) is 21.5. The van der Waals surface area contributed by atoms with Crippen molar-refractivity contribution in [1.29, 1.82) is 0 Å². The molecule has 0 aromatic carbocycles. The second-order valence-corrected chi connectivity index (χ2v) is 10.6. The molecule has 0 aliphatic carbocycles. The van der Waals surface area contributed by atoms with Crippen LogP contribution in [0.3, 0.4) is 0 Å². The number of hydrogen-bond acceptors (Lipinski definition) is 4. The number of carbonyl (C=O) groups excluding carboxylic acids is 3. The largest absolute Gasteiger partial charge is 0.393 e. The first kappa shape index (κ1) is 32.8. The molecule has 0 heterocycles. The van der Waals surface area contributed by atoms with Crippen LogP contribution in [0.5, 0.6) is 0 Å². The van der Waals surface area contributed by atoms with Gasteiger partial charge >= 0.3 is 11.9 Å². The summed E-state index contributed by atoms with van der Waals surface area (Å²) in [5, 5.41) is 0. The third-order valence-electron chi connectivity index (χ3n) is 6.98. The average Bonchev–Trinajstić information content (AvgIpc) is 2.81. The van der Waals surface area contributed by atoms with Gasteiger partial charge < -0.3 is 4.74 Å². The van der Waals surface area contributed by atoms with E-state index in [0.717, 1.165) is 70.6 Å². The number of ketones is 1. The van der Waals surface area contributed by atoms with Crippen molar-refractivity contribution >= 4 is 17.7 Å². The average molecular weight is 481 g/mol. The highest BCUT2D eigenvalue weighted by molar-refractivity contribution is 5.87. The zero-order chi connectivity index (χ0) is 25.6. The van der Waals surface area contributed by atoms with Crippen molar-refractivity contribution in [3.8, 4) is 0 Å². The quantitative estimate of drug-likeness (QED) is 0.0831. The lowest BCUT2D eigenvalue weighted by atomic mass is 9.86. The highest BCUT2D eigenvalue weighted by Crippen LogP contribution is 2.27. The SMILES string of the molecule is CCCCCCC(=O)CCCCCCCCCC(CC(CC)CCCC)C(=O)OC(=O)C(C)C. The Bertz CT molecular complexity index is 526. The summed E-state index contributed by atoms with van der Waals surface area (Å²) in [4.78, 5) is 36.5. The molecule has 2 atom stereocenters. The number of esters is 2. The third-order valence-corrected chi connectivity index (χ3v) is 6.98. The molecule has 0 rings (SSSR count). The van der Waals surface area contributed by atoms with Gasteiger partial charge in [-0.05, 0) is 31.6 Å². The van der Waals surface area contributed by atoms with Crippen LogP contribution < -0.4 is 0 Å². The van der Waals surface area contributed by atoms with Gasteiger partial charge in [0, 0.05) is 12.8 Å². The van der Waals surface area contributed by atoms with Crippen molar-refractivity contribution in [3.05, 3.63) is 0 Å². The van der Waals surface area contributed by atoms with E-state index in [0.29, 0.717) is 11.7 Å². The summed E-state index contributed by atoms with van der Waals surface area (Å²) in [5.74, 6) is -0.185. The predicted molar refractivity (Wildman–Crippen MR) is 143 cm³/mol. The fourth-order valence-electron chi connectivity index (χ4n) is 4.49. The standard InChI is InChI=1S/C30H56O4/c1-6-9-11-18-22-28(31)23-19-16-14-12-13-15-17-21-27(24-26(8-3)20-10-7-2)30(33)34-29(32)25(4)5/h25-27H,6-24H2,1-5H3. The minimum absolute atomic E-state index is 0.159. The molecule has 0 spiro atoms. The molecule has 4 nitrogen and oxygen atoms in total. The van der Waals surface area contributed by atoms with Gasteiger partial charge in [0.05, 0.1) is 11.8 Å². The van der Waals surface area contributed by atoms with E-state index in [4.69, 9.17) is 4.74 Å². The van der Waals surface area contributed by atoms with Gasteiger partial charge in [0.15, 0.2) is 0 Å². The summed E-state index contributed by atoms with van der Waals surface area (Å²) < 4.78 is 5.20. The lowest BCUT2D eigenvalue weighted by Crippen LogP contribution is -2.25. The summed E-state index contributed by atoms with van der Waals surface area (Å²) in [5.41, 5.74) is 0. The van der Waals surface area contributed by atoms with Crippen LogP contribution in [0.1, 0.15) is 157 Å². The van der Waals surface area contributed by atoms with E-state index < -0.39 is 5.97 Å². The first-order valence-electron chi connectivity index (χ1n) is 14.6. The zero-order valence-corrected chi connectivity index (χ0v) is 23.3. The van der Waals surface area contributed by atoms with E-state index >= 15 is 0 Å². The second kappa shape index (κ2) is 22.3. The number of carbonyl (C=O) groups is 3. The predicted octanol–water partition coefficient (Wildman–Crippen LogP) is 8.99. The first-order valence-corrected chi connectivity index (χ1v) is 14.6. The molecule has 0 radical (unpaired) electrons. The van der Waals surface area contributed by atoms with Crippen LogP contribution >= 0.6 is 0 Å². The number of ether oxygens (including phenoxy) is 1. The summed E-state index contributed by atoms with van der Waals surface area (Å²) >= 11 is 0. The van der Waals surface area contributed by atoms with Crippen molar-refractivity contribution in [2.45, 2.75) is 157 Å². The molecule has 2 unspecified atom stereocenters. The van der Waals surface area contributed by atoms with Crippen LogP contribution in [0, 0.1) is 17.8 Å². The molecule has 0 bridgehead atoms. The highest BCUT2D eigenvalue weighted by atomic mass is 16.6. The van der Waals surface area contributed by atoms with Crippen molar-refractivity contribution in [2.75, 3.05) is 0 Å². The van der Waals surface area contributed by atoms with Gasteiger partial charge in [-0.1, -0.05) is 118 Å². The summed E-state index contributed by atoms with van der Waals surface area (Å²) in [7, 11) is 0. The molecule has 0 amide bonds. The lowest BCUT2D eigenvalue weighted by Gasteiger charge is -2.21. The minimum Gasteiger partial charge on any atom is -0.393 e. The molecule has 200 valence electrons. The Morgan fingerprint density at radius 2 is 1.15 bits per heavy atom. The maximum atomic E-state index is 12.7. The summed E-state index contributed by atoms with van der Waals surface area (Å²) in [6, 6.07) is 0. The van der Waals surface area contributed by atoms with Crippen LogP contribution in [-0.2, 0) is 19.1 Å². The van der Waals surface area contributed by atoms with Crippen molar-refractivity contribution in [2.24, 2.45) is 17.8 Å². The number of rotatable bonds is 23. The Labute approximate surface area is 211 Å². The molecule has 0 aliphatic rings. The molecule has 0 aliphatic heterocycles. The van der Waals surface area contributed by atoms with Gasteiger partial charge in [0.1, 0.15) is 5.78 Å². The maximum Gasteiger partial charge on any atom is 0.316 e. The molecule has 0 aromatic heterocycles. The monoisotopic (exact) mass is 480 g/mol. The van der Waals surface area contributed by atoms with Crippen LogP contribution in [0.2, 0.25) is 0 Å². The smallest absolute Gasteiger partial charge is 0.316 e. The molecule has 0 fully saturated rings. The topological polar surface area (TPSA) is 60.4 Å². The number of unbranched alkanes of at least 4 members (excludes halogenated alkanes) is 10. The molecule has 4 heteroatoms. The van der Waals surface area contributed by atoms with E-state index in [2.05, 4.69) is 20.8 Å². The minimum atomic E-state index is -0.406. The van der Waals surface area contributed by atoms with Crippen molar-refractivity contribution in [3.63, 3.8) is 0 Å². The molecule has 0 saturated heterocycles. The molecule has 34 heavy (non-hydrogen) atoms. The van der Waals surface area contributed by atoms with E-state index in [1.807, 2.05) is 0 Å². The van der Waals surface area contributed by atoms with Crippen molar-refractivity contribution in [1.82, 2.24) is 0 Å². The Hall–Kier alpha value is -1.19. The van der Waals surface area contributed by atoms with Crippen molar-refractivity contribution < 1.29 is 19.1 Å². The van der Waals surface area contributed by atoms with Gasteiger partial charge in [-0.25, -0.2) is 0 Å². The maximum absolute atomic E-state index is 12.7. The Balaban J connectivity index is 4.17. The summed E-state index contributed by atoms with van der Waals surface area (Å²) in [6.07, 6.45) is 20.3. The zero-order valence-electron chi connectivity index (χ0n) is 23.3. The van der Waals surface area contributed by atoms with Gasteiger partial charge in [0.25, 0.3) is 0 Å². The summed E-state index contributed by atoms with van der Waals surface area (Å²) in [6.45, 7) is 10.1. The molecule has 0 N–H and O–H groups in total. The number of hydrogen-bond donors (Lipinski definition) is 0. The molecule has 0 aromatic rings. The van der Waals surface area contributed by atoms with Gasteiger partial charge in [-0.3, -0.25) is 14.4 Å². The Morgan fingerprint density at radius 3 is 1.68 bits per heavy atom. The van der Waals surface area contributed by atoms with Crippen LogP contribution in [0.25, 0.3) is 0 Å². The fraction of sp³-hybridized carbons (Fsp3) is 0.900. The van der Waals surface area contributed by atoms with Gasteiger partial charge in [-0.2, -0.15) is 0 Å². The Morgan fingerprint density at radius 1 is 0.618 bits per heavy atom. The van der Waals surface area contributed by atoms with Crippen LogP contribution in [0.4, 0.5) is 0 Å². The highest BCUT2D eigenvalue weighted by Gasteiger charge is 2.26. The van der Waals surface area contributed by atoms with E-state index in [9.17, 15) is 14.4 Å². The van der Waals surface area contributed by atoms with E-state index in [-0.39, 0.29) is 17.8 Å². The fourth-order valence-corrected chi connectivity index (χ4v) is 4.49. The normalized spacial score (nSPS) is 13.1. The number of Topliss-reactive ketones (excluding diaryl/α,β-unsaturated/α-hetero) is 1. The van der Waals surface area contributed by atoms with Gasteiger partial charge in [-0.15, -0.1) is 0 Å². The van der Waals surface area contributed by atoms with E-state index in [1.165, 1.54) is 51.4 Å². The van der Waals surface area contributed by atoms with Crippen LogP contribution in [0.15, 0.2) is 0 Å². The van der Waals surface area contributed by atoms with Gasteiger partial charge in [0.2, 0.25) is 0 Å². The lowest BCUT2D eigenvalue weighted by molar-refractivity contribution is -0.165. The second-order valence-electron chi connectivity index (χ2n) is 10.6. The third kappa shape index (κ3) is 18.2. The molecule has 0 saturated carbocycles. The van der Waals surface area contributed by atoms with Crippen LogP contribution in [-0.4, -0.2) is 17.7 Å². The first-order chi connectivity index (χ1) is 16.3. The molecular weight excluding hydrogens is 424 g/mol. The van der Waals surface area contributed by atoms with E-state index in [1.54, 1.807) is 13.8 Å².